The summed E-state index contributed by atoms with van der Waals surface area (Å²) in [7, 11) is -3.95. The molecular formula is C24H19FN4O3S. The Balaban J connectivity index is 1.70. The molecule has 2 aromatic heterocycles. The van der Waals surface area contributed by atoms with Gasteiger partial charge in [-0.1, -0.05) is 24.3 Å². The summed E-state index contributed by atoms with van der Waals surface area (Å²) in [5.41, 5.74) is 8.41. The van der Waals surface area contributed by atoms with Crippen molar-refractivity contribution < 1.29 is 17.6 Å². The molecule has 0 saturated heterocycles. The molecule has 5 aromatic rings. The Bertz CT molecular complexity index is 1620. The lowest BCUT2D eigenvalue weighted by Gasteiger charge is -2.07. The number of hydrogen-bond donors (Lipinski definition) is 1. The second kappa shape index (κ2) is 7.86. The zero-order valence-corrected chi connectivity index (χ0v) is 18.2. The van der Waals surface area contributed by atoms with Crippen LogP contribution < -0.4 is 5.73 Å². The molecule has 1 amide bonds. The summed E-state index contributed by atoms with van der Waals surface area (Å²) in [6.45, 7) is 0.380. The van der Waals surface area contributed by atoms with Gasteiger partial charge in [-0.05, 0) is 48.0 Å². The van der Waals surface area contributed by atoms with Gasteiger partial charge in [0.2, 0.25) is 5.91 Å². The van der Waals surface area contributed by atoms with Crippen LogP contribution >= 0.6 is 0 Å². The third kappa shape index (κ3) is 3.66. The average Bonchev–Trinajstić information content (AvgIpc) is 3.39. The first kappa shape index (κ1) is 20.9. The van der Waals surface area contributed by atoms with Gasteiger partial charge < -0.3 is 10.3 Å². The molecule has 0 aliphatic rings. The lowest BCUT2D eigenvalue weighted by molar-refractivity contribution is -0.118. The number of fused-ring (bicyclic) bond motifs is 2. The van der Waals surface area contributed by atoms with Crippen molar-refractivity contribution in [2.75, 3.05) is 0 Å². The van der Waals surface area contributed by atoms with Gasteiger partial charge in [0.05, 0.1) is 27.8 Å². The predicted molar refractivity (Wildman–Crippen MR) is 123 cm³/mol. The van der Waals surface area contributed by atoms with Crippen molar-refractivity contribution >= 4 is 37.9 Å². The molecule has 0 saturated carbocycles. The summed E-state index contributed by atoms with van der Waals surface area (Å²) in [5, 5.41) is 0.596. The molecule has 0 aliphatic heterocycles. The third-order valence-electron chi connectivity index (χ3n) is 5.56. The predicted octanol–water partition coefficient (Wildman–Crippen LogP) is 3.91. The van der Waals surface area contributed by atoms with Crippen molar-refractivity contribution in [1.82, 2.24) is 13.5 Å². The van der Waals surface area contributed by atoms with E-state index in [-0.39, 0.29) is 16.8 Å². The molecule has 9 heteroatoms. The van der Waals surface area contributed by atoms with Crippen molar-refractivity contribution in [1.29, 1.82) is 0 Å². The molecular weight excluding hydrogens is 443 g/mol. The minimum atomic E-state index is -3.95. The standard InChI is InChI=1S/C24H19FN4O3S/c25-17-7-8-19-20(14-29(22(19)13-17)33(31,32)18-4-2-1-3-5-18)16-6-9-21-23(12-16)28(15-27-21)11-10-24(26)30/h1-9,12-15H,10-11H2,(H2,26,30). The van der Waals surface area contributed by atoms with Crippen molar-refractivity contribution in [3.8, 4) is 11.1 Å². The Morgan fingerprint density at radius 3 is 2.55 bits per heavy atom. The summed E-state index contributed by atoms with van der Waals surface area (Å²) >= 11 is 0. The highest BCUT2D eigenvalue weighted by molar-refractivity contribution is 7.90. The van der Waals surface area contributed by atoms with Crippen LogP contribution in [0.1, 0.15) is 6.42 Å². The van der Waals surface area contributed by atoms with Crippen LogP contribution in [-0.2, 0) is 21.4 Å². The number of carbonyl (C=O) groups excluding carboxylic acids is 1. The van der Waals surface area contributed by atoms with E-state index in [4.69, 9.17) is 5.73 Å². The van der Waals surface area contributed by atoms with Crippen LogP contribution in [0.2, 0.25) is 0 Å². The summed E-state index contributed by atoms with van der Waals surface area (Å²) in [6, 6.07) is 17.7. The molecule has 0 unspecified atom stereocenters. The highest BCUT2D eigenvalue weighted by Crippen LogP contribution is 2.34. The normalized spacial score (nSPS) is 11.9. The molecule has 0 atom stereocenters. The fraction of sp³-hybridized carbons (Fsp3) is 0.0833. The van der Waals surface area contributed by atoms with Gasteiger partial charge >= 0.3 is 0 Å². The molecule has 0 spiro atoms. The molecule has 7 nitrogen and oxygen atoms in total. The van der Waals surface area contributed by atoms with E-state index in [0.29, 0.717) is 17.5 Å². The monoisotopic (exact) mass is 462 g/mol. The number of imidazole rings is 1. The number of benzene rings is 3. The number of hydrogen-bond acceptors (Lipinski definition) is 4. The van der Waals surface area contributed by atoms with Crippen LogP contribution in [-0.4, -0.2) is 27.8 Å². The number of rotatable bonds is 6. The molecule has 5 rings (SSSR count). The quantitative estimate of drug-likeness (QED) is 0.413. The van der Waals surface area contributed by atoms with E-state index in [1.807, 2.05) is 22.8 Å². The van der Waals surface area contributed by atoms with Gasteiger partial charge in [0, 0.05) is 30.1 Å². The SMILES string of the molecule is NC(=O)CCn1cnc2ccc(-c3cn(S(=O)(=O)c4ccccc4)c4cc(F)ccc34)cc21. The van der Waals surface area contributed by atoms with E-state index in [2.05, 4.69) is 4.98 Å². The Morgan fingerprint density at radius 1 is 1.00 bits per heavy atom. The topological polar surface area (TPSA) is 100.0 Å². The van der Waals surface area contributed by atoms with Crippen LogP contribution in [0.4, 0.5) is 4.39 Å². The minimum absolute atomic E-state index is 0.109. The number of nitrogens with zero attached hydrogens (tertiary/aromatic N) is 3. The van der Waals surface area contributed by atoms with Gasteiger partial charge in [-0.25, -0.2) is 21.8 Å². The zero-order chi connectivity index (χ0) is 23.2. The first-order valence-corrected chi connectivity index (χ1v) is 11.6. The number of carbonyl (C=O) groups is 1. The summed E-state index contributed by atoms with van der Waals surface area (Å²) < 4.78 is 43.8. The van der Waals surface area contributed by atoms with Gasteiger partial charge in [0.1, 0.15) is 5.82 Å². The molecule has 166 valence electrons. The van der Waals surface area contributed by atoms with E-state index in [1.165, 1.54) is 30.5 Å². The van der Waals surface area contributed by atoms with Gasteiger partial charge in [0.25, 0.3) is 10.0 Å². The van der Waals surface area contributed by atoms with Crippen molar-refractivity contribution in [2.24, 2.45) is 5.73 Å². The maximum atomic E-state index is 14.1. The van der Waals surface area contributed by atoms with Gasteiger partial charge in [-0.3, -0.25) is 4.79 Å². The average molecular weight is 463 g/mol. The van der Waals surface area contributed by atoms with Crippen LogP contribution in [0.25, 0.3) is 33.1 Å². The first-order chi connectivity index (χ1) is 15.8. The molecule has 0 aliphatic carbocycles. The van der Waals surface area contributed by atoms with Crippen LogP contribution in [0.5, 0.6) is 0 Å². The Hall–Kier alpha value is -3.98. The van der Waals surface area contributed by atoms with E-state index < -0.39 is 21.7 Å². The second-order valence-electron chi connectivity index (χ2n) is 7.68. The summed E-state index contributed by atoms with van der Waals surface area (Å²) in [4.78, 5) is 15.7. The Morgan fingerprint density at radius 2 is 1.79 bits per heavy atom. The molecule has 0 bridgehead atoms. The van der Waals surface area contributed by atoms with E-state index in [9.17, 15) is 17.6 Å². The molecule has 2 N–H and O–H groups in total. The third-order valence-corrected chi connectivity index (χ3v) is 7.25. The Labute approximate surface area is 188 Å². The van der Waals surface area contributed by atoms with Crippen LogP contribution in [0, 0.1) is 5.82 Å². The van der Waals surface area contributed by atoms with E-state index in [0.717, 1.165) is 20.6 Å². The number of primary amides is 1. The lowest BCUT2D eigenvalue weighted by Crippen LogP contribution is -2.13. The van der Waals surface area contributed by atoms with Crippen molar-refractivity contribution in [2.45, 2.75) is 17.9 Å². The number of nitrogens with two attached hydrogens (primary N) is 1. The van der Waals surface area contributed by atoms with Gasteiger partial charge in [0.15, 0.2) is 0 Å². The number of aromatic nitrogens is 3. The maximum Gasteiger partial charge on any atom is 0.268 e. The number of aryl methyl sites for hydroxylation is 1. The van der Waals surface area contributed by atoms with E-state index in [1.54, 1.807) is 30.6 Å². The smallest absolute Gasteiger partial charge is 0.268 e. The number of halogens is 1. The maximum absolute atomic E-state index is 14.1. The van der Waals surface area contributed by atoms with Crippen LogP contribution in [0.15, 0.2) is 84.1 Å². The first-order valence-electron chi connectivity index (χ1n) is 10.2. The fourth-order valence-electron chi connectivity index (χ4n) is 3.94. The molecule has 2 heterocycles. The molecule has 33 heavy (non-hydrogen) atoms. The fourth-order valence-corrected chi connectivity index (χ4v) is 5.32. The molecule has 0 fully saturated rings. The summed E-state index contributed by atoms with van der Waals surface area (Å²) in [5.74, 6) is -0.944. The van der Waals surface area contributed by atoms with Gasteiger partial charge in [-0.2, -0.15) is 0 Å². The van der Waals surface area contributed by atoms with E-state index >= 15 is 0 Å². The Kier molecular flexibility index (Phi) is 4.98. The largest absolute Gasteiger partial charge is 0.370 e. The molecule has 0 radical (unpaired) electrons. The second-order valence-corrected chi connectivity index (χ2v) is 9.49. The zero-order valence-electron chi connectivity index (χ0n) is 17.3. The highest BCUT2D eigenvalue weighted by atomic mass is 32.2. The minimum Gasteiger partial charge on any atom is -0.370 e. The highest BCUT2D eigenvalue weighted by Gasteiger charge is 2.22. The number of amides is 1. The lowest BCUT2D eigenvalue weighted by atomic mass is 10.0. The summed E-state index contributed by atoms with van der Waals surface area (Å²) in [6.07, 6.45) is 3.32. The van der Waals surface area contributed by atoms with Crippen LogP contribution in [0.3, 0.4) is 0 Å². The van der Waals surface area contributed by atoms with Crippen molar-refractivity contribution in [3.63, 3.8) is 0 Å². The van der Waals surface area contributed by atoms with Gasteiger partial charge in [-0.15, -0.1) is 0 Å². The van der Waals surface area contributed by atoms with Crippen molar-refractivity contribution in [3.05, 3.63) is 85.1 Å². The molecule has 3 aromatic carbocycles.